The Balaban J connectivity index is 1.97. The van der Waals surface area contributed by atoms with Gasteiger partial charge in [-0.15, -0.1) is 0 Å². The van der Waals surface area contributed by atoms with Crippen LogP contribution in [0.2, 0.25) is 0 Å². The molecule has 2 heterocycles. The fourth-order valence-electron chi connectivity index (χ4n) is 1.57. The van der Waals surface area contributed by atoms with Crippen molar-refractivity contribution in [3.05, 3.63) is 11.7 Å². The standard InChI is InChI=1S/C11H19N3OS/c1-11(2,3)10-12-9(15-13-10)8-14-4-6-16-7-5-14/h4-8H2,1-3H3. The number of aromatic nitrogens is 2. The second-order valence-corrected chi connectivity index (χ2v) is 6.37. The summed E-state index contributed by atoms with van der Waals surface area (Å²) in [5.41, 5.74) is -0.0283. The van der Waals surface area contributed by atoms with E-state index in [-0.39, 0.29) is 5.41 Å². The molecule has 90 valence electrons. The third-order valence-electron chi connectivity index (χ3n) is 2.60. The Labute approximate surface area is 101 Å². The summed E-state index contributed by atoms with van der Waals surface area (Å²) in [6.45, 7) is 9.33. The Bertz CT molecular complexity index is 339. The van der Waals surface area contributed by atoms with Crippen LogP contribution in [-0.2, 0) is 12.0 Å². The fourth-order valence-corrected chi connectivity index (χ4v) is 2.55. The third-order valence-corrected chi connectivity index (χ3v) is 3.54. The molecule has 0 amide bonds. The van der Waals surface area contributed by atoms with Gasteiger partial charge in [-0.2, -0.15) is 16.7 Å². The van der Waals surface area contributed by atoms with Gasteiger partial charge in [-0.05, 0) is 0 Å². The van der Waals surface area contributed by atoms with Crippen molar-refractivity contribution >= 4 is 11.8 Å². The molecule has 4 nitrogen and oxygen atoms in total. The molecule has 0 atom stereocenters. The Kier molecular flexibility index (Phi) is 3.54. The van der Waals surface area contributed by atoms with Gasteiger partial charge in [0.2, 0.25) is 5.89 Å². The third kappa shape index (κ3) is 2.98. The number of hydrogen-bond acceptors (Lipinski definition) is 5. The molecule has 0 aromatic carbocycles. The predicted octanol–water partition coefficient (Wildman–Crippen LogP) is 1.92. The first-order valence-electron chi connectivity index (χ1n) is 5.69. The monoisotopic (exact) mass is 241 g/mol. The quantitative estimate of drug-likeness (QED) is 0.791. The van der Waals surface area contributed by atoms with Crippen LogP contribution in [0.1, 0.15) is 32.5 Å². The topological polar surface area (TPSA) is 42.2 Å². The van der Waals surface area contributed by atoms with E-state index in [0.29, 0.717) is 0 Å². The molecule has 2 rings (SSSR count). The highest BCUT2D eigenvalue weighted by molar-refractivity contribution is 7.99. The van der Waals surface area contributed by atoms with Gasteiger partial charge < -0.3 is 4.52 Å². The highest BCUT2D eigenvalue weighted by atomic mass is 32.2. The number of nitrogens with zero attached hydrogens (tertiary/aromatic N) is 3. The van der Waals surface area contributed by atoms with Crippen LogP contribution in [0.15, 0.2) is 4.52 Å². The van der Waals surface area contributed by atoms with Crippen LogP contribution in [-0.4, -0.2) is 39.6 Å². The lowest BCUT2D eigenvalue weighted by atomic mass is 9.96. The lowest BCUT2D eigenvalue weighted by molar-refractivity contribution is 0.244. The maximum absolute atomic E-state index is 5.28. The van der Waals surface area contributed by atoms with Gasteiger partial charge in [0.15, 0.2) is 5.82 Å². The molecular formula is C11H19N3OS. The zero-order valence-electron chi connectivity index (χ0n) is 10.2. The van der Waals surface area contributed by atoms with E-state index in [1.807, 2.05) is 11.8 Å². The van der Waals surface area contributed by atoms with Crippen LogP contribution >= 0.6 is 11.8 Å². The van der Waals surface area contributed by atoms with Crippen LogP contribution in [0.25, 0.3) is 0 Å². The van der Waals surface area contributed by atoms with E-state index in [1.165, 1.54) is 11.5 Å². The number of rotatable bonds is 2. The van der Waals surface area contributed by atoms with E-state index < -0.39 is 0 Å². The summed E-state index contributed by atoms with van der Waals surface area (Å²) in [7, 11) is 0. The molecule has 16 heavy (non-hydrogen) atoms. The van der Waals surface area contributed by atoms with Crippen molar-refractivity contribution in [2.75, 3.05) is 24.6 Å². The molecule has 5 heteroatoms. The normalized spacial score (nSPS) is 18.9. The largest absolute Gasteiger partial charge is 0.338 e. The van der Waals surface area contributed by atoms with Gasteiger partial charge in [-0.1, -0.05) is 25.9 Å². The molecule has 0 N–H and O–H groups in total. The van der Waals surface area contributed by atoms with Crippen LogP contribution < -0.4 is 0 Å². The Morgan fingerprint density at radius 3 is 2.56 bits per heavy atom. The molecule has 0 aliphatic carbocycles. The van der Waals surface area contributed by atoms with Gasteiger partial charge in [0, 0.05) is 30.0 Å². The van der Waals surface area contributed by atoms with Gasteiger partial charge >= 0.3 is 0 Å². The zero-order valence-corrected chi connectivity index (χ0v) is 11.0. The summed E-state index contributed by atoms with van der Waals surface area (Å²) in [4.78, 5) is 6.82. The van der Waals surface area contributed by atoms with Crippen molar-refractivity contribution in [1.29, 1.82) is 0 Å². The minimum Gasteiger partial charge on any atom is -0.338 e. The fraction of sp³-hybridized carbons (Fsp3) is 0.818. The van der Waals surface area contributed by atoms with Crippen LogP contribution in [0.4, 0.5) is 0 Å². The molecular weight excluding hydrogens is 222 g/mol. The van der Waals surface area contributed by atoms with Crippen LogP contribution in [0, 0.1) is 0 Å². The first-order chi connectivity index (χ1) is 7.55. The summed E-state index contributed by atoms with van der Waals surface area (Å²) in [5, 5.41) is 4.03. The van der Waals surface area contributed by atoms with Crippen molar-refractivity contribution in [3.63, 3.8) is 0 Å². The molecule has 0 unspecified atom stereocenters. The molecule has 1 aromatic heterocycles. The molecule has 1 aliphatic heterocycles. The molecule has 1 aliphatic rings. The maximum atomic E-state index is 5.28. The first kappa shape index (κ1) is 11.9. The van der Waals surface area contributed by atoms with Crippen molar-refractivity contribution in [2.24, 2.45) is 0 Å². The SMILES string of the molecule is CC(C)(C)c1noc(CN2CCSCC2)n1. The molecule has 0 bridgehead atoms. The summed E-state index contributed by atoms with van der Waals surface area (Å²) < 4.78 is 5.28. The Morgan fingerprint density at radius 2 is 2.00 bits per heavy atom. The van der Waals surface area contributed by atoms with Crippen LogP contribution in [0.3, 0.4) is 0 Å². The van der Waals surface area contributed by atoms with E-state index in [0.717, 1.165) is 31.3 Å². The van der Waals surface area contributed by atoms with Crippen molar-refractivity contribution < 1.29 is 4.52 Å². The van der Waals surface area contributed by atoms with Gasteiger partial charge in [-0.25, -0.2) is 0 Å². The van der Waals surface area contributed by atoms with Crippen molar-refractivity contribution in [2.45, 2.75) is 32.7 Å². The first-order valence-corrected chi connectivity index (χ1v) is 6.84. The molecule has 1 aromatic rings. The van der Waals surface area contributed by atoms with E-state index in [9.17, 15) is 0 Å². The van der Waals surface area contributed by atoms with Gasteiger partial charge in [0.05, 0.1) is 6.54 Å². The summed E-state index contributed by atoms with van der Waals surface area (Å²) in [5.74, 6) is 3.96. The average molecular weight is 241 g/mol. The van der Waals surface area contributed by atoms with Gasteiger partial charge in [0.1, 0.15) is 0 Å². The van der Waals surface area contributed by atoms with E-state index >= 15 is 0 Å². The highest BCUT2D eigenvalue weighted by Gasteiger charge is 2.22. The second-order valence-electron chi connectivity index (χ2n) is 5.15. The Hall–Kier alpha value is -0.550. The Morgan fingerprint density at radius 1 is 1.31 bits per heavy atom. The molecule has 1 saturated heterocycles. The molecule has 0 radical (unpaired) electrons. The molecule has 0 spiro atoms. The van der Waals surface area contributed by atoms with E-state index in [1.54, 1.807) is 0 Å². The van der Waals surface area contributed by atoms with Gasteiger partial charge in [0.25, 0.3) is 0 Å². The van der Waals surface area contributed by atoms with Crippen molar-refractivity contribution in [1.82, 2.24) is 15.0 Å². The number of hydrogen-bond donors (Lipinski definition) is 0. The minimum absolute atomic E-state index is 0.0283. The summed E-state index contributed by atoms with van der Waals surface area (Å²) >= 11 is 2.01. The van der Waals surface area contributed by atoms with Crippen molar-refractivity contribution in [3.8, 4) is 0 Å². The van der Waals surface area contributed by atoms with E-state index in [4.69, 9.17) is 4.52 Å². The van der Waals surface area contributed by atoms with Gasteiger partial charge in [-0.3, -0.25) is 4.90 Å². The minimum atomic E-state index is -0.0283. The zero-order chi connectivity index (χ0) is 11.6. The summed E-state index contributed by atoms with van der Waals surface area (Å²) in [6.07, 6.45) is 0. The lowest BCUT2D eigenvalue weighted by Gasteiger charge is -2.24. The molecule has 0 saturated carbocycles. The average Bonchev–Trinajstić information content (AvgIpc) is 2.67. The number of thioether (sulfide) groups is 1. The van der Waals surface area contributed by atoms with Crippen LogP contribution in [0.5, 0.6) is 0 Å². The highest BCUT2D eigenvalue weighted by Crippen LogP contribution is 2.19. The lowest BCUT2D eigenvalue weighted by Crippen LogP contribution is -2.32. The second kappa shape index (κ2) is 4.75. The predicted molar refractivity (Wildman–Crippen MR) is 65.6 cm³/mol. The maximum Gasteiger partial charge on any atom is 0.240 e. The molecule has 1 fully saturated rings. The summed E-state index contributed by atoms with van der Waals surface area (Å²) in [6, 6.07) is 0. The smallest absolute Gasteiger partial charge is 0.240 e. The van der Waals surface area contributed by atoms with E-state index in [2.05, 4.69) is 35.8 Å².